The number of carbonyl (C=O) groups excluding carboxylic acids is 1. The highest BCUT2D eigenvalue weighted by Crippen LogP contribution is 2.39. The molecule has 2 nitrogen and oxygen atoms in total. The van der Waals surface area contributed by atoms with Gasteiger partial charge in [-0.05, 0) is 18.3 Å². The van der Waals surface area contributed by atoms with Crippen molar-refractivity contribution in [3.63, 3.8) is 0 Å². The molecule has 0 aromatic rings. The first-order valence-corrected chi connectivity index (χ1v) is 5.12. The van der Waals surface area contributed by atoms with Crippen molar-refractivity contribution < 1.29 is 4.79 Å². The second kappa shape index (κ2) is 3.32. The smallest absolute Gasteiger partial charge is 0.225 e. The van der Waals surface area contributed by atoms with Crippen LogP contribution in [0.5, 0.6) is 0 Å². The van der Waals surface area contributed by atoms with E-state index in [1.807, 2.05) is 20.8 Å². The first-order chi connectivity index (χ1) is 5.83. The van der Waals surface area contributed by atoms with Gasteiger partial charge < -0.3 is 5.32 Å². The lowest BCUT2D eigenvalue weighted by molar-refractivity contribution is -0.129. The van der Waals surface area contributed by atoms with Crippen LogP contribution in [0.15, 0.2) is 0 Å². The van der Waals surface area contributed by atoms with Crippen molar-refractivity contribution >= 4 is 5.91 Å². The molecule has 0 aliphatic heterocycles. The Morgan fingerprint density at radius 3 is 2.23 bits per heavy atom. The molecule has 0 aromatic carbocycles. The highest BCUT2D eigenvalue weighted by Gasteiger charge is 2.33. The van der Waals surface area contributed by atoms with Crippen LogP contribution < -0.4 is 5.32 Å². The fourth-order valence-corrected chi connectivity index (χ4v) is 1.52. The van der Waals surface area contributed by atoms with Crippen molar-refractivity contribution in [2.75, 3.05) is 6.54 Å². The molecule has 1 fully saturated rings. The van der Waals surface area contributed by atoms with Gasteiger partial charge in [-0.15, -0.1) is 0 Å². The summed E-state index contributed by atoms with van der Waals surface area (Å²) in [5.74, 6) is 0.167. The molecular weight excluding hydrogens is 162 g/mol. The molecule has 1 rings (SSSR count). The molecule has 0 spiro atoms. The summed E-state index contributed by atoms with van der Waals surface area (Å²) in [4.78, 5) is 11.5. The van der Waals surface area contributed by atoms with Crippen LogP contribution in [0, 0.1) is 10.8 Å². The van der Waals surface area contributed by atoms with Gasteiger partial charge in [0.05, 0.1) is 0 Å². The van der Waals surface area contributed by atoms with E-state index in [0.29, 0.717) is 5.41 Å². The van der Waals surface area contributed by atoms with Crippen LogP contribution in [0.4, 0.5) is 0 Å². The average Bonchev–Trinajstić information content (AvgIpc) is 1.94. The zero-order valence-corrected chi connectivity index (χ0v) is 9.24. The fraction of sp³-hybridized carbons (Fsp3) is 0.909. The lowest BCUT2D eigenvalue weighted by atomic mass is 9.70. The van der Waals surface area contributed by atoms with E-state index in [0.717, 1.165) is 6.54 Å². The Labute approximate surface area is 81.1 Å². The van der Waals surface area contributed by atoms with Crippen molar-refractivity contribution in [1.82, 2.24) is 5.32 Å². The van der Waals surface area contributed by atoms with Crippen LogP contribution in [0.3, 0.4) is 0 Å². The first-order valence-electron chi connectivity index (χ1n) is 5.12. The Balaban J connectivity index is 2.30. The van der Waals surface area contributed by atoms with E-state index in [1.165, 1.54) is 19.3 Å². The standard InChI is InChI=1S/C11H21NO/c1-10(2,3)9(13)12-8-11(4)6-5-7-11/h5-8H2,1-4H3,(H,12,13). The minimum atomic E-state index is -0.250. The van der Waals surface area contributed by atoms with Gasteiger partial charge in [0.15, 0.2) is 0 Å². The van der Waals surface area contributed by atoms with Crippen LogP contribution >= 0.6 is 0 Å². The van der Waals surface area contributed by atoms with E-state index < -0.39 is 0 Å². The van der Waals surface area contributed by atoms with E-state index in [2.05, 4.69) is 12.2 Å². The highest BCUT2D eigenvalue weighted by molar-refractivity contribution is 5.81. The molecule has 1 aliphatic carbocycles. The van der Waals surface area contributed by atoms with Crippen LogP contribution in [0.1, 0.15) is 47.0 Å². The molecule has 1 aliphatic rings. The summed E-state index contributed by atoms with van der Waals surface area (Å²) in [6, 6.07) is 0. The minimum Gasteiger partial charge on any atom is -0.355 e. The molecule has 1 saturated carbocycles. The lowest BCUT2D eigenvalue weighted by Crippen LogP contribution is -2.43. The van der Waals surface area contributed by atoms with Crippen molar-refractivity contribution in [1.29, 1.82) is 0 Å². The van der Waals surface area contributed by atoms with Gasteiger partial charge in [0.25, 0.3) is 0 Å². The fourth-order valence-electron chi connectivity index (χ4n) is 1.52. The van der Waals surface area contributed by atoms with Gasteiger partial charge in [0.1, 0.15) is 0 Å². The predicted molar refractivity (Wildman–Crippen MR) is 54.4 cm³/mol. The van der Waals surface area contributed by atoms with Gasteiger partial charge in [0.2, 0.25) is 5.91 Å². The highest BCUT2D eigenvalue weighted by atomic mass is 16.2. The molecule has 0 aromatic heterocycles. The Morgan fingerprint density at radius 1 is 1.38 bits per heavy atom. The third-order valence-corrected chi connectivity index (χ3v) is 2.92. The monoisotopic (exact) mass is 183 g/mol. The molecule has 1 N–H and O–H groups in total. The van der Waals surface area contributed by atoms with E-state index in [1.54, 1.807) is 0 Å². The molecule has 2 heteroatoms. The summed E-state index contributed by atoms with van der Waals surface area (Å²) in [5.41, 5.74) is 0.140. The van der Waals surface area contributed by atoms with Crippen LogP contribution in [-0.2, 0) is 4.79 Å². The Morgan fingerprint density at radius 2 is 1.92 bits per heavy atom. The number of amides is 1. The first kappa shape index (κ1) is 10.6. The molecule has 0 bridgehead atoms. The summed E-state index contributed by atoms with van der Waals surface area (Å²) in [6.07, 6.45) is 3.84. The van der Waals surface area contributed by atoms with E-state index in [-0.39, 0.29) is 11.3 Å². The topological polar surface area (TPSA) is 29.1 Å². The second-order valence-corrected chi connectivity index (χ2v) is 5.60. The normalized spacial score (nSPS) is 20.6. The quantitative estimate of drug-likeness (QED) is 0.699. The van der Waals surface area contributed by atoms with Crippen molar-refractivity contribution in [2.24, 2.45) is 10.8 Å². The zero-order valence-electron chi connectivity index (χ0n) is 9.24. The van der Waals surface area contributed by atoms with Gasteiger partial charge in [-0.2, -0.15) is 0 Å². The maximum Gasteiger partial charge on any atom is 0.225 e. The molecular formula is C11H21NO. The van der Waals surface area contributed by atoms with Crippen molar-refractivity contribution in [3.05, 3.63) is 0 Å². The molecule has 13 heavy (non-hydrogen) atoms. The number of hydrogen-bond acceptors (Lipinski definition) is 1. The van der Waals surface area contributed by atoms with Crippen molar-refractivity contribution in [2.45, 2.75) is 47.0 Å². The molecule has 0 saturated heterocycles. The molecule has 0 radical (unpaired) electrons. The van der Waals surface area contributed by atoms with E-state index in [9.17, 15) is 4.79 Å². The molecule has 1 amide bonds. The summed E-state index contributed by atoms with van der Waals surface area (Å²) in [5, 5.41) is 3.03. The van der Waals surface area contributed by atoms with Crippen molar-refractivity contribution in [3.8, 4) is 0 Å². The SMILES string of the molecule is CC1(CNC(=O)C(C)(C)C)CCC1. The third-order valence-electron chi connectivity index (χ3n) is 2.92. The van der Waals surface area contributed by atoms with E-state index in [4.69, 9.17) is 0 Å². The maximum atomic E-state index is 11.5. The van der Waals surface area contributed by atoms with Crippen LogP contribution in [-0.4, -0.2) is 12.5 Å². The predicted octanol–water partition coefficient (Wildman–Crippen LogP) is 2.34. The second-order valence-electron chi connectivity index (χ2n) is 5.60. The maximum absolute atomic E-state index is 11.5. The zero-order chi connectivity index (χ0) is 10.1. The van der Waals surface area contributed by atoms with Gasteiger partial charge in [-0.1, -0.05) is 34.1 Å². The summed E-state index contributed by atoms with van der Waals surface area (Å²) >= 11 is 0. The Kier molecular flexibility index (Phi) is 2.69. The third kappa shape index (κ3) is 2.71. The Hall–Kier alpha value is -0.530. The van der Waals surface area contributed by atoms with Gasteiger partial charge in [-0.25, -0.2) is 0 Å². The summed E-state index contributed by atoms with van der Waals surface area (Å²) < 4.78 is 0. The minimum absolute atomic E-state index is 0.167. The molecule has 0 unspecified atom stereocenters. The molecule has 0 heterocycles. The molecule has 0 atom stereocenters. The number of carbonyl (C=O) groups is 1. The average molecular weight is 183 g/mol. The van der Waals surface area contributed by atoms with Gasteiger partial charge >= 0.3 is 0 Å². The Bertz CT molecular complexity index is 199. The summed E-state index contributed by atoms with van der Waals surface area (Å²) in [7, 11) is 0. The van der Waals surface area contributed by atoms with E-state index >= 15 is 0 Å². The number of nitrogens with one attached hydrogen (secondary N) is 1. The van der Waals surface area contributed by atoms with Crippen LogP contribution in [0.25, 0.3) is 0 Å². The van der Waals surface area contributed by atoms with Crippen LogP contribution in [0.2, 0.25) is 0 Å². The van der Waals surface area contributed by atoms with Gasteiger partial charge in [0, 0.05) is 12.0 Å². The van der Waals surface area contributed by atoms with Gasteiger partial charge in [-0.3, -0.25) is 4.79 Å². The lowest BCUT2D eigenvalue weighted by Gasteiger charge is -2.39. The number of hydrogen-bond donors (Lipinski definition) is 1. The molecule has 76 valence electrons. The number of rotatable bonds is 2. The summed E-state index contributed by atoms with van der Waals surface area (Å²) in [6.45, 7) is 8.95. The largest absolute Gasteiger partial charge is 0.355 e.